The van der Waals surface area contributed by atoms with Crippen LogP contribution in [0, 0.1) is 0 Å². The number of amides is 1. The van der Waals surface area contributed by atoms with Crippen molar-refractivity contribution in [3.05, 3.63) is 34.9 Å². The lowest BCUT2D eigenvalue weighted by Crippen LogP contribution is -2.41. The van der Waals surface area contributed by atoms with Gasteiger partial charge in [-0.3, -0.25) is 4.79 Å². The summed E-state index contributed by atoms with van der Waals surface area (Å²) in [6.07, 6.45) is 3.70. The molecule has 0 radical (unpaired) electrons. The first-order valence-corrected chi connectivity index (χ1v) is 6.82. The van der Waals surface area contributed by atoms with Crippen molar-refractivity contribution in [2.45, 2.75) is 45.7 Å². The number of hydrogen-bond acceptors (Lipinski definition) is 2. The van der Waals surface area contributed by atoms with Gasteiger partial charge in [0.2, 0.25) is 5.91 Å². The smallest absolute Gasteiger partial charge is 0.236 e. The number of nitrogens with one attached hydrogen (secondary N) is 2. The fraction of sp³-hybridized carbons (Fsp3) is 0.533. The second-order valence-electron chi connectivity index (χ2n) is 4.95. The maximum atomic E-state index is 11.6. The van der Waals surface area contributed by atoms with Crippen molar-refractivity contribution in [2.24, 2.45) is 0 Å². The lowest BCUT2D eigenvalue weighted by Gasteiger charge is -2.13. The van der Waals surface area contributed by atoms with Crippen LogP contribution < -0.4 is 10.6 Å². The highest BCUT2D eigenvalue weighted by atomic mass is 16.2. The molecule has 1 aromatic rings. The highest BCUT2D eigenvalue weighted by molar-refractivity contribution is 5.81. The summed E-state index contributed by atoms with van der Waals surface area (Å²) in [4.78, 5) is 11.6. The van der Waals surface area contributed by atoms with Crippen LogP contribution in [0.15, 0.2) is 18.2 Å². The summed E-state index contributed by atoms with van der Waals surface area (Å²) < 4.78 is 0. The van der Waals surface area contributed by atoms with Crippen LogP contribution in [0.1, 0.15) is 37.0 Å². The van der Waals surface area contributed by atoms with E-state index >= 15 is 0 Å². The molecular weight excluding hydrogens is 224 g/mol. The first-order chi connectivity index (χ1) is 8.70. The first-order valence-electron chi connectivity index (χ1n) is 6.82. The second-order valence-corrected chi connectivity index (χ2v) is 4.95. The van der Waals surface area contributed by atoms with Gasteiger partial charge in [0.1, 0.15) is 0 Å². The number of fused-ring (bicyclic) bond motifs is 1. The highest BCUT2D eigenvalue weighted by Crippen LogP contribution is 2.22. The Kier molecular flexibility index (Phi) is 4.37. The van der Waals surface area contributed by atoms with Crippen LogP contribution in [-0.2, 0) is 24.2 Å². The first kappa shape index (κ1) is 13.1. The topological polar surface area (TPSA) is 41.1 Å². The third-order valence-corrected chi connectivity index (χ3v) is 3.52. The molecule has 1 unspecified atom stereocenters. The van der Waals surface area contributed by atoms with Gasteiger partial charge in [0, 0.05) is 13.1 Å². The third kappa shape index (κ3) is 3.10. The van der Waals surface area contributed by atoms with Crippen molar-refractivity contribution in [1.29, 1.82) is 0 Å². The van der Waals surface area contributed by atoms with E-state index in [1.54, 1.807) is 0 Å². The molecule has 0 bridgehead atoms. The Hall–Kier alpha value is -1.35. The molecule has 18 heavy (non-hydrogen) atoms. The minimum absolute atomic E-state index is 0.0682. The molecule has 1 aliphatic rings. The Morgan fingerprint density at radius 3 is 2.89 bits per heavy atom. The standard InChI is InChI=1S/C15H22N2O/c1-3-16-15(18)11(2)17-10-12-7-8-13-5-4-6-14(13)9-12/h7-9,11,17H,3-6,10H2,1-2H3,(H,16,18). The van der Waals surface area contributed by atoms with Crippen molar-refractivity contribution < 1.29 is 4.79 Å². The molecule has 1 aliphatic carbocycles. The van der Waals surface area contributed by atoms with Crippen LogP contribution in [-0.4, -0.2) is 18.5 Å². The quantitative estimate of drug-likeness (QED) is 0.831. The molecule has 1 atom stereocenters. The Balaban J connectivity index is 1.88. The van der Waals surface area contributed by atoms with E-state index in [9.17, 15) is 4.79 Å². The zero-order valence-electron chi connectivity index (χ0n) is 11.3. The van der Waals surface area contributed by atoms with E-state index in [0.29, 0.717) is 6.54 Å². The third-order valence-electron chi connectivity index (χ3n) is 3.52. The van der Waals surface area contributed by atoms with Gasteiger partial charge in [0.05, 0.1) is 6.04 Å². The van der Waals surface area contributed by atoms with Crippen LogP contribution in [0.2, 0.25) is 0 Å². The van der Waals surface area contributed by atoms with Gasteiger partial charge in [-0.05, 0) is 49.8 Å². The Morgan fingerprint density at radius 1 is 1.33 bits per heavy atom. The lowest BCUT2D eigenvalue weighted by atomic mass is 10.1. The number of carbonyl (C=O) groups excluding carboxylic acids is 1. The molecule has 2 rings (SSSR count). The van der Waals surface area contributed by atoms with E-state index in [2.05, 4.69) is 28.8 Å². The van der Waals surface area contributed by atoms with Gasteiger partial charge < -0.3 is 10.6 Å². The van der Waals surface area contributed by atoms with Crippen molar-refractivity contribution in [3.63, 3.8) is 0 Å². The molecule has 0 saturated carbocycles. The van der Waals surface area contributed by atoms with E-state index in [1.807, 2.05) is 13.8 Å². The fourth-order valence-electron chi connectivity index (χ4n) is 2.43. The fourth-order valence-corrected chi connectivity index (χ4v) is 2.43. The molecule has 0 saturated heterocycles. The number of carbonyl (C=O) groups is 1. The number of rotatable bonds is 5. The minimum Gasteiger partial charge on any atom is -0.355 e. The SMILES string of the molecule is CCNC(=O)C(C)NCc1ccc2c(c1)CCC2. The molecule has 0 aliphatic heterocycles. The van der Waals surface area contributed by atoms with Crippen molar-refractivity contribution >= 4 is 5.91 Å². The molecule has 1 aromatic carbocycles. The van der Waals surface area contributed by atoms with Crippen molar-refractivity contribution in [1.82, 2.24) is 10.6 Å². The van der Waals surface area contributed by atoms with E-state index < -0.39 is 0 Å². The monoisotopic (exact) mass is 246 g/mol. The molecule has 0 aromatic heterocycles. The number of hydrogen-bond donors (Lipinski definition) is 2. The average molecular weight is 246 g/mol. The van der Waals surface area contributed by atoms with Crippen LogP contribution >= 0.6 is 0 Å². The maximum Gasteiger partial charge on any atom is 0.236 e. The van der Waals surface area contributed by atoms with Gasteiger partial charge in [-0.25, -0.2) is 0 Å². The summed E-state index contributed by atoms with van der Waals surface area (Å²) in [5.74, 6) is 0.0682. The van der Waals surface area contributed by atoms with Gasteiger partial charge in [0.25, 0.3) is 0 Å². The average Bonchev–Trinajstić information content (AvgIpc) is 2.83. The summed E-state index contributed by atoms with van der Waals surface area (Å²) in [6, 6.07) is 6.54. The summed E-state index contributed by atoms with van der Waals surface area (Å²) in [7, 11) is 0. The Morgan fingerprint density at radius 2 is 2.11 bits per heavy atom. The number of aryl methyl sites for hydroxylation is 2. The van der Waals surface area contributed by atoms with E-state index in [1.165, 1.54) is 36.0 Å². The lowest BCUT2D eigenvalue weighted by molar-refractivity contribution is -0.122. The van der Waals surface area contributed by atoms with Gasteiger partial charge >= 0.3 is 0 Å². The predicted octanol–water partition coefficient (Wildman–Crippen LogP) is 1.79. The zero-order valence-corrected chi connectivity index (χ0v) is 11.3. The van der Waals surface area contributed by atoms with E-state index in [0.717, 1.165) is 6.54 Å². The second kappa shape index (κ2) is 6.01. The predicted molar refractivity (Wildman–Crippen MR) is 73.5 cm³/mol. The van der Waals surface area contributed by atoms with Gasteiger partial charge in [-0.1, -0.05) is 18.2 Å². The molecule has 3 nitrogen and oxygen atoms in total. The van der Waals surface area contributed by atoms with Crippen molar-refractivity contribution in [2.75, 3.05) is 6.54 Å². The summed E-state index contributed by atoms with van der Waals surface area (Å²) in [6.45, 7) is 5.28. The Labute approximate surface area is 109 Å². The number of likely N-dealkylation sites (N-methyl/N-ethyl adjacent to an activating group) is 1. The van der Waals surface area contributed by atoms with Gasteiger partial charge in [0.15, 0.2) is 0 Å². The molecule has 1 amide bonds. The molecule has 2 N–H and O–H groups in total. The van der Waals surface area contributed by atoms with Crippen LogP contribution in [0.3, 0.4) is 0 Å². The van der Waals surface area contributed by atoms with Gasteiger partial charge in [-0.15, -0.1) is 0 Å². The van der Waals surface area contributed by atoms with Gasteiger partial charge in [-0.2, -0.15) is 0 Å². The molecule has 0 spiro atoms. The molecule has 98 valence electrons. The summed E-state index contributed by atoms with van der Waals surface area (Å²) in [5.41, 5.74) is 4.25. The molecule has 0 heterocycles. The highest BCUT2D eigenvalue weighted by Gasteiger charge is 2.13. The minimum atomic E-state index is -0.141. The van der Waals surface area contributed by atoms with Crippen LogP contribution in [0.5, 0.6) is 0 Å². The largest absolute Gasteiger partial charge is 0.355 e. The van der Waals surface area contributed by atoms with Crippen LogP contribution in [0.4, 0.5) is 0 Å². The normalized spacial score (nSPS) is 15.2. The van der Waals surface area contributed by atoms with Crippen molar-refractivity contribution in [3.8, 4) is 0 Å². The molecule has 3 heteroatoms. The zero-order chi connectivity index (χ0) is 13.0. The summed E-state index contributed by atoms with van der Waals surface area (Å²) in [5, 5.41) is 6.08. The van der Waals surface area contributed by atoms with E-state index in [4.69, 9.17) is 0 Å². The van der Waals surface area contributed by atoms with E-state index in [-0.39, 0.29) is 11.9 Å². The Bertz CT molecular complexity index is 429. The molecular formula is C15H22N2O. The maximum absolute atomic E-state index is 11.6. The molecule has 0 fully saturated rings. The van der Waals surface area contributed by atoms with Crippen LogP contribution in [0.25, 0.3) is 0 Å². The summed E-state index contributed by atoms with van der Waals surface area (Å²) >= 11 is 0. The number of benzene rings is 1.